The molecule has 0 saturated heterocycles. The largest absolute Gasteiger partial charge is 0.312 e. The Morgan fingerprint density at radius 3 is 2.44 bits per heavy atom. The van der Waals surface area contributed by atoms with E-state index >= 15 is 0 Å². The number of aromatic amines is 1. The van der Waals surface area contributed by atoms with Crippen molar-refractivity contribution < 1.29 is 4.79 Å². The molecule has 2 aromatic carbocycles. The topological polar surface area (TPSA) is 61.9 Å². The number of hydrogen-bond acceptors (Lipinski definition) is 4. The van der Waals surface area contributed by atoms with Gasteiger partial charge in [0, 0.05) is 12.2 Å². The van der Waals surface area contributed by atoms with Gasteiger partial charge < -0.3 is 4.90 Å². The third-order valence-electron chi connectivity index (χ3n) is 4.00. The summed E-state index contributed by atoms with van der Waals surface area (Å²) < 4.78 is 0. The van der Waals surface area contributed by atoms with Crippen LogP contribution >= 0.6 is 11.8 Å². The minimum absolute atomic E-state index is 0.0416. The molecule has 1 aromatic heterocycles. The molecule has 0 aliphatic heterocycles. The smallest absolute Gasteiger partial charge is 0.240 e. The average molecular weight is 379 g/mol. The lowest BCUT2D eigenvalue weighted by atomic mass is 10.2. The first-order valence-corrected chi connectivity index (χ1v) is 9.74. The van der Waals surface area contributed by atoms with E-state index in [4.69, 9.17) is 0 Å². The Kier molecular flexibility index (Phi) is 6.44. The van der Waals surface area contributed by atoms with Gasteiger partial charge in [0.05, 0.1) is 5.25 Å². The van der Waals surface area contributed by atoms with Crippen LogP contribution in [-0.2, 0) is 4.79 Å². The van der Waals surface area contributed by atoms with E-state index in [2.05, 4.69) is 15.2 Å². The number of carbonyl (C=O) groups excluding carboxylic acids is 1. The lowest BCUT2D eigenvalue weighted by Crippen LogP contribution is -2.36. The van der Waals surface area contributed by atoms with Crippen molar-refractivity contribution in [3.05, 3.63) is 72.1 Å². The Balaban J connectivity index is 1.64. The minimum atomic E-state index is -0.285. The van der Waals surface area contributed by atoms with Gasteiger partial charge in [-0.15, -0.1) is 5.10 Å². The Morgan fingerprint density at radius 2 is 1.78 bits per heavy atom. The van der Waals surface area contributed by atoms with E-state index in [1.807, 2.05) is 86.7 Å². The van der Waals surface area contributed by atoms with E-state index in [1.165, 1.54) is 11.8 Å². The number of nitrogens with one attached hydrogen (secondary N) is 1. The van der Waals surface area contributed by atoms with Gasteiger partial charge in [-0.1, -0.05) is 66.4 Å². The molecule has 1 unspecified atom stereocenters. The van der Waals surface area contributed by atoms with Crippen molar-refractivity contribution in [1.82, 2.24) is 15.2 Å². The van der Waals surface area contributed by atoms with Crippen LogP contribution in [0.3, 0.4) is 0 Å². The van der Waals surface area contributed by atoms with Crippen LogP contribution < -0.4 is 4.90 Å². The molecule has 138 valence electrons. The van der Waals surface area contributed by atoms with Gasteiger partial charge in [0.2, 0.25) is 11.1 Å². The summed E-state index contributed by atoms with van der Waals surface area (Å²) in [5.74, 6) is 0.705. The zero-order valence-electron chi connectivity index (χ0n) is 15.4. The second-order valence-electron chi connectivity index (χ2n) is 5.93. The highest BCUT2D eigenvalue weighted by molar-refractivity contribution is 8.00. The summed E-state index contributed by atoms with van der Waals surface area (Å²) in [5.41, 5.74) is 1.99. The van der Waals surface area contributed by atoms with Gasteiger partial charge in [0.1, 0.15) is 5.82 Å². The Labute approximate surface area is 163 Å². The number of anilines is 1. The number of carbonyl (C=O) groups is 1. The van der Waals surface area contributed by atoms with Gasteiger partial charge in [-0.05, 0) is 37.6 Å². The highest BCUT2D eigenvalue weighted by Gasteiger charge is 2.23. The number of para-hydroxylation sites is 1. The van der Waals surface area contributed by atoms with Gasteiger partial charge >= 0.3 is 0 Å². The molecule has 0 spiro atoms. The maximum atomic E-state index is 12.8. The van der Waals surface area contributed by atoms with E-state index in [1.54, 1.807) is 4.90 Å². The van der Waals surface area contributed by atoms with Crippen molar-refractivity contribution in [1.29, 1.82) is 0 Å². The molecule has 6 heteroatoms. The number of thioether (sulfide) groups is 1. The van der Waals surface area contributed by atoms with E-state index in [-0.39, 0.29) is 11.2 Å². The van der Waals surface area contributed by atoms with Crippen LogP contribution in [0.1, 0.15) is 25.2 Å². The molecule has 1 N–H and O–H groups in total. The van der Waals surface area contributed by atoms with Crippen molar-refractivity contribution in [3.63, 3.8) is 0 Å². The predicted octanol–water partition coefficient (Wildman–Crippen LogP) is 4.51. The van der Waals surface area contributed by atoms with Gasteiger partial charge in [-0.2, -0.15) is 0 Å². The van der Waals surface area contributed by atoms with E-state index in [9.17, 15) is 4.79 Å². The number of nitrogens with zero attached hydrogens (tertiary/aromatic N) is 3. The molecule has 3 rings (SSSR count). The monoisotopic (exact) mass is 378 g/mol. The molecule has 3 aromatic rings. The van der Waals surface area contributed by atoms with Crippen LogP contribution in [0.2, 0.25) is 0 Å². The molecule has 5 nitrogen and oxygen atoms in total. The molecule has 0 aliphatic carbocycles. The first-order valence-electron chi connectivity index (χ1n) is 8.86. The number of aromatic nitrogens is 3. The molecule has 1 heterocycles. The van der Waals surface area contributed by atoms with Crippen LogP contribution in [0.5, 0.6) is 0 Å². The first-order chi connectivity index (χ1) is 13.2. The molecule has 1 atom stereocenters. The molecule has 0 saturated carbocycles. The number of rotatable bonds is 7. The number of hydrogen-bond donors (Lipinski definition) is 1. The van der Waals surface area contributed by atoms with Crippen molar-refractivity contribution >= 4 is 35.5 Å². The zero-order valence-corrected chi connectivity index (χ0v) is 16.2. The van der Waals surface area contributed by atoms with Crippen molar-refractivity contribution in [2.75, 3.05) is 11.4 Å². The SMILES string of the molecule is CCN(C(=O)C(C)Sc1n[nH]c(/C=C/c2ccccc2)n1)c1ccccc1. The fourth-order valence-corrected chi connectivity index (χ4v) is 3.42. The summed E-state index contributed by atoms with van der Waals surface area (Å²) in [5, 5.41) is 7.39. The number of amides is 1. The molecule has 0 fully saturated rings. The van der Waals surface area contributed by atoms with E-state index in [0.29, 0.717) is 17.5 Å². The van der Waals surface area contributed by atoms with Crippen LogP contribution in [0, 0.1) is 0 Å². The third-order valence-corrected chi connectivity index (χ3v) is 4.94. The van der Waals surface area contributed by atoms with Gasteiger partial charge in [-0.3, -0.25) is 9.89 Å². The Bertz CT molecular complexity index is 893. The van der Waals surface area contributed by atoms with Crippen LogP contribution in [-0.4, -0.2) is 32.9 Å². The van der Waals surface area contributed by atoms with Gasteiger partial charge in [-0.25, -0.2) is 4.98 Å². The lowest BCUT2D eigenvalue weighted by Gasteiger charge is -2.23. The molecule has 0 bridgehead atoms. The maximum absolute atomic E-state index is 12.8. The highest BCUT2D eigenvalue weighted by Crippen LogP contribution is 2.24. The Morgan fingerprint density at radius 1 is 1.11 bits per heavy atom. The van der Waals surface area contributed by atoms with Crippen LogP contribution in [0.15, 0.2) is 65.8 Å². The number of H-pyrrole nitrogens is 1. The molecular weight excluding hydrogens is 356 g/mol. The fraction of sp³-hybridized carbons (Fsp3) is 0.190. The maximum Gasteiger partial charge on any atom is 0.240 e. The van der Waals surface area contributed by atoms with Gasteiger partial charge in [0.25, 0.3) is 0 Å². The molecule has 27 heavy (non-hydrogen) atoms. The van der Waals surface area contributed by atoms with Crippen LogP contribution in [0.25, 0.3) is 12.2 Å². The minimum Gasteiger partial charge on any atom is -0.312 e. The number of benzene rings is 2. The average Bonchev–Trinajstić information content (AvgIpc) is 3.16. The zero-order chi connectivity index (χ0) is 19.1. The molecular formula is C21H22N4OS. The fourth-order valence-electron chi connectivity index (χ4n) is 2.63. The summed E-state index contributed by atoms with van der Waals surface area (Å²) in [4.78, 5) is 19.0. The van der Waals surface area contributed by atoms with Crippen molar-refractivity contribution in [2.24, 2.45) is 0 Å². The summed E-state index contributed by atoms with van der Waals surface area (Å²) in [7, 11) is 0. The van der Waals surface area contributed by atoms with Crippen LogP contribution in [0.4, 0.5) is 5.69 Å². The summed E-state index contributed by atoms with van der Waals surface area (Å²) in [6, 6.07) is 19.7. The lowest BCUT2D eigenvalue weighted by molar-refractivity contribution is -0.117. The normalized spacial score (nSPS) is 12.2. The summed E-state index contributed by atoms with van der Waals surface area (Å²) in [6.45, 7) is 4.48. The van der Waals surface area contributed by atoms with Crippen molar-refractivity contribution in [2.45, 2.75) is 24.3 Å². The molecule has 0 radical (unpaired) electrons. The van der Waals surface area contributed by atoms with E-state index in [0.717, 1.165) is 11.3 Å². The van der Waals surface area contributed by atoms with E-state index < -0.39 is 0 Å². The quantitative estimate of drug-likeness (QED) is 0.615. The highest BCUT2D eigenvalue weighted by atomic mass is 32.2. The predicted molar refractivity (Wildman–Crippen MR) is 112 cm³/mol. The second-order valence-corrected chi connectivity index (χ2v) is 7.23. The summed E-state index contributed by atoms with van der Waals surface area (Å²) >= 11 is 1.35. The first kappa shape index (κ1) is 18.9. The second kappa shape index (κ2) is 9.19. The molecule has 0 aliphatic rings. The van der Waals surface area contributed by atoms with Gasteiger partial charge in [0.15, 0.2) is 0 Å². The molecule has 1 amide bonds. The van der Waals surface area contributed by atoms with Crippen molar-refractivity contribution in [3.8, 4) is 0 Å². The standard InChI is InChI=1S/C21H22N4OS/c1-3-25(18-12-8-5-9-13-18)20(26)16(2)27-21-22-19(23-24-21)15-14-17-10-6-4-7-11-17/h4-16H,3H2,1-2H3,(H,22,23,24)/b15-14+. The third kappa shape index (κ3) is 5.08. The Hall–Kier alpha value is -2.86. The summed E-state index contributed by atoms with van der Waals surface area (Å²) in [6.07, 6.45) is 3.85.